The van der Waals surface area contributed by atoms with Crippen LogP contribution in [0.1, 0.15) is 15.9 Å². The van der Waals surface area contributed by atoms with Gasteiger partial charge in [0, 0.05) is 11.3 Å². The molecule has 0 unspecified atom stereocenters. The molecule has 0 fully saturated rings. The van der Waals surface area contributed by atoms with E-state index in [1.54, 1.807) is 12.1 Å². The summed E-state index contributed by atoms with van der Waals surface area (Å²) in [6.45, 7) is 1.95. The van der Waals surface area contributed by atoms with Gasteiger partial charge in [0.15, 0.2) is 0 Å². The monoisotopic (exact) mass is 338 g/mol. The summed E-state index contributed by atoms with van der Waals surface area (Å²) in [5, 5.41) is 2.96. The Hall–Kier alpha value is -2.05. The zero-order chi connectivity index (χ0) is 16.3. The molecule has 0 saturated heterocycles. The SMILES string of the molecule is Cc1ccc(NC(=O)c2ccc(Cl)c(NS(C)(=O)=O)c2)cc1. The summed E-state index contributed by atoms with van der Waals surface area (Å²) in [4.78, 5) is 12.2. The molecule has 0 heterocycles. The highest BCUT2D eigenvalue weighted by Crippen LogP contribution is 2.24. The highest BCUT2D eigenvalue weighted by Gasteiger charge is 2.12. The van der Waals surface area contributed by atoms with Gasteiger partial charge < -0.3 is 5.32 Å². The molecule has 116 valence electrons. The number of halogens is 1. The van der Waals surface area contributed by atoms with Crippen LogP contribution in [0.5, 0.6) is 0 Å². The molecule has 0 radical (unpaired) electrons. The average molecular weight is 339 g/mol. The summed E-state index contributed by atoms with van der Waals surface area (Å²) in [6.07, 6.45) is 1.02. The van der Waals surface area contributed by atoms with E-state index in [0.29, 0.717) is 11.3 Å². The smallest absolute Gasteiger partial charge is 0.255 e. The second kappa shape index (κ2) is 6.37. The van der Waals surface area contributed by atoms with Crippen LogP contribution in [-0.4, -0.2) is 20.6 Å². The molecule has 0 saturated carbocycles. The lowest BCUT2D eigenvalue weighted by Gasteiger charge is -2.10. The number of aryl methyl sites for hydroxylation is 1. The molecule has 2 N–H and O–H groups in total. The van der Waals surface area contributed by atoms with Crippen molar-refractivity contribution in [1.82, 2.24) is 0 Å². The average Bonchev–Trinajstić information content (AvgIpc) is 2.42. The second-order valence-electron chi connectivity index (χ2n) is 4.89. The van der Waals surface area contributed by atoms with E-state index >= 15 is 0 Å². The predicted octanol–water partition coefficient (Wildman–Crippen LogP) is 3.27. The number of carbonyl (C=O) groups is 1. The van der Waals surface area contributed by atoms with E-state index in [1.807, 2.05) is 19.1 Å². The standard InChI is InChI=1S/C15H15ClN2O3S/c1-10-3-6-12(7-4-10)17-15(19)11-5-8-13(16)14(9-11)18-22(2,20)21/h3-9,18H,1-2H3,(H,17,19). The summed E-state index contributed by atoms with van der Waals surface area (Å²) in [5.74, 6) is -0.350. The van der Waals surface area contributed by atoms with Gasteiger partial charge in [-0.25, -0.2) is 8.42 Å². The zero-order valence-corrected chi connectivity index (χ0v) is 13.6. The van der Waals surface area contributed by atoms with Crippen LogP contribution in [0.4, 0.5) is 11.4 Å². The fourth-order valence-electron chi connectivity index (χ4n) is 1.78. The Labute approximate surface area is 134 Å². The van der Waals surface area contributed by atoms with E-state index in [2.05, 4.69) is 10.0 Å². The Morgan fingerprint density at radius 1 is 1.09 bits per heavy atom. The molecule has 0 aromatic heterocycles. The molecular weight excluding hydrogens is 324 g/mol. The normalized spacial score (nSPS) is 11.0. The van der Waals surface area contributed by atoms with Crippen molar-refractivity contribution in [2.75, 3.05) is 16.3 Å². The quantitative estimate of drug-likeness (QED) is 0.898. The van der Waals surface area contributed by atoms with Crippen molar-refractivity contribution in [3.05, 3.63) is 58.6 Å². The molecule has 0 spiro atoms. The van der Waals surface area contributed by atoms with E-state index in [9.17, 15) is 13.2 Å². The topological polar surface area (TPSA) is 75.3 Å². The van der Waals surface area contributed by atoms with E-state index in [4.69, 9.17) is 11.6 Å². The van der Waals surface area contributed by atoms with E-state index < -0.39 is 10.0 Å². The third-order valence-corrected chi connectivity index (χ3v) is 3.75. The first kappa shape index (κ1) is 16.3. The van der Waals surface area contributed by atoms with Gasteiger partial charge in [0.25, 0.3) is 5.91 Å². The maximum absolute atomic E-state index is 12.2. The van der Waals surface area contributed by atoms with Gasteiger partial charge in [-0.05, 0) is 37.3 Å². The maximum Gasteiger partial charge on any atom is 0.255 e. The number of nitrogens with one attached hydrogen (secondary N) is 2. The van der Waals surface area contributed by atoms with Crippen LogP contribution in [0.25, 0.3) is 0 Å². The number of anilines is 2. The van der Waals surface area contributed by atoms with Crippen molar-refractivity contribution < 1.29 is 13.2 Å². The van der Waals surface area contributed by atoms with E-state index in [0.717, 1.165) is 11.8 Å². The molecule has 2 rings (SSSR count). The Morgan fingerprint density at radius 2 is 1.73 bits per heavy atom. The first-order valence-electron chi connectivity index (χ1n) is 6.40. The summed E-state index contributed by atoms with van der Waals surface area (Å²) in [7, 11) is -3.47. The lowest BCUT2D eigenvalue weighted by Crippen LogP contribution is -2.14. The van der Waals surface area contributed by atoms with Crippen molar-refractivity contribution in [3.8, 4) is 0 Å². The van der Waals surface area contributed by atoms with E-state index in [-0.39, 0.29) is 16.6 Å². The van der Waals surface area contributed by atoms with Crippen LogP contribution in [0.2, 0.25) is 5.02 Å². The Balaban J connectivity index is 2.23. The minimum Gasteiger partial charge on any atom is -0.322 e. The first-order chi connectivity index (χ1) is 10.2. The number of carbonyl (C=O) groups excluding carboxylic acids is 1. The molecule has 0 aliphatic carbocycles. The van der Waals surface area contributed by atoms with Gasteiger partial charge in [-0.3, -0.25) is 9.52 Å². The van der Waals surface area contributed by atoms with Crippen LogP contribution in [0.3, 0.4) is 0 Å². The number of rotatable bonds is 4. The van der Waals surface area contributed by atoms with Crippen molar-refractivity contribution >= 4 is 38.9 Å². The maximum atomic E-state index is 12.2. The third-order valence-electron chi connectivity index (χ3n) is 2.83. The summed E-state index contributed by atoms with van der Waals surface area (Å²) in [6, 6.07) is 11.7. The van der Waals surface area contributed by atoms with Crippen molar-refractivity contribution in [1.29, 1.82) is 0 Å². The number of benzene rings is 2. The minimum atomic E-state index is -3.47. The van der Waals surface area contributed by atoms with Crippen LogP contribution < -0.4 is 10.0 Å². The molecule has 0 aliphatic rings. The van der Waals surface area contributed by atoms with Gasteiger partial charge in [-0.15, -0.1) is 0 Å². The number of sulfonamides is 1. The first-order valence-corrected chi connectivity index (χ1v) is 8.67. The molecule has 0 atom stereocenters. The van der Waals surface area contributed by atoms with Gasteiger partial charge in [-0.1, -0.05) is 29.3 Å². The number of amides is 1. The van der Waals surface area contributed by atoms with Gasteiger partial charge in [0.2, 0.25) is 10.0 Å². The Bertz CT molecular complexity index is 802. The van der Waals surface area contributed by atoms with Crippen LogP contribution >= 0.6 is 11.6 Å². The molecule has 5 nitrogen and oxygen atoms in total. The van der Waals surface area contributed by atoms with Crippen molar-refractivity contribution in [2.45, 2.75) is 6.92 Å². The largest absolute Gasteiger partial charge is 0.322 e. The minimum absolute atomic E-state index is 0.167. The van der Waals surface area contributed by atoms with Gasteiger partial charge in [-0.2, -0.15) is 0 Å². The number of hydrogen-bond donors (Lipinski definition) is 2. The molecule has 2 aromatic carbocycles. The molecule has 1 amide bonds. The second-order valence-corrected chi connectivity index (χ2v) is 7.04. The van der Waals surface area contributed by atoms with Gasteiger partial charge in [0.1, 0.15) is 0 Å². The molecule has 22 heavy (non-hydrogen) atoms. The number of hydrogen-bond acceptors (Lipinski definition) is 3. The van der Waals surface area contributed by atoms with E-state index in [1.165, 1.54) is 18.2 Å². The van der Waals surface area contributed by atoms with Crippen LogP contribution in [-0.2, 0) is 10.0 Å². The lowest BCUT2D eigenvalue weighted by molar-refractivity contribution is 0.102. The lowest BCUT2D eigenvalue weighted by atomic mass is 10.1. The molecule has 7 heteroatoms. The Morgan fingerprint density at radius 3 is 2.32 bits per heavy atom. The highest BCUT2D eigenvalue weighted by molar-refractivity contribution is 7.92. The van der Waals surface area contributed by atoms with Crippen LogP contribution in [0.15, 0.2) is 42.5 Å². The zero-order valence-electron chi connectivity index (χ0n) is 12.1. The molecule has 0 bridgehead atoms. The van der Waals surface area contributed by atoms with Crippen LogP contribution in [0, 0.1) is 6.92 Å². The highest BCUT2D eigenvalue weighted by atomic mass is 35.5. The Kier molecular flexibility index (Phi) is 4.73. The van der Waals surface area contributed by atoms with Crippen molar-refractivity contribution in [3.63, 3.8) is 0 Å². The van der Waals surface area contributed by atoms with Gasteiger partial charge in [0.05, 0.1) is 17.0 Å². The van der Waals surface area contributed by atoms with Crippen molar-refractivity contribution in [2.24, 2.45) is 0 Å². The summed E-state index contributed by atoms with van der Waals surface area (Å²) in [5.41, 5.74) is 2.21. The third kappa shape index (κ3) is 4.47. The fraction of sp³-hybridized carbons (Fsp3) is 0.133. The summed E-state index contributed by atoms with van der Waals surface area (Å²) >= 11 is 5.93. The van der Waals surface area contributed by atoms with Gasteiger partial charge >= 0.3 is 0 Å². The molecular formula is C15H15ClN2O3S. The summed E-state index contributed by atoms with van der Waals surface area (Å²) < 4.78 is 24.8. The molecule has 2 aromatic rings. The molecule has 0 aliphatic heterocycles. The predicted molar refractivity (Wildman–Crippen MR) is 89.1 cm³/mol. The fourth-order valence-corrected chi connectivity index (χ4v) is 2.57.